The maximum atomic E-state index is 9.65. The van der Waals surface area contributed by atoms with Gasteiger partial charge in [-0.25, -0.2) is 0 Å². The third-order valence-corrected chi connectivity index (χ3v) is 5.27. The summed E-state index contributed by atoms with van der Waals surface area (Å²) in [6, 6.07) is 7.23. The lowest BCUT2D eigenvalue weighted by atomic mass is 9.77. The van der Waals surface area contributed by atoms with Gasteiger partial charge in [0.2, 0.25) is 0 Å². The van der Waals surface area contributed by atoms with E-state index < -0.39 is 0 Å². The average molecular weight is 258 g/mol. The molecule has 3 nitrogen and oxygen atoms in total. The van der Waals surface area contributed by atoms with Crippen molar-refractivity contribution in [3.8, 4) is 5.75 Å². The molecule has 3 heterocycles. The van der Waals surface area contributed by atoms with Gasteiger partial charge in [0.05, 0.1) is 0 Å². The van der Waals surface area contributed by atoms with E-state index in [0.717, 1.165) is 18.9 Å². The van der Waals surface area contributed by atoms with E-state index >= 15 is 0 Å². The van der Waals surface area contributed by atoms with Gasteiger partial charge in [0.15, 0.2) is 0 Å². The normalized spacial score (nSPS) is 34.2. The summed E-state index contributed by atoms with van der Waals surface area (Å²) >= 11 is 0. The number of piperidine rings is 2. The van der Waals surface area contributed by atoms with Crippen LogP contribution >= 0.6 is 0 Å². The average Bonchev–Trinajstić information content (AvgIpc) is 2.44. The fourth-order valence-corrected chi connectivity index (χ4v) is 4.30. The number of phenols is 1. The number of hydrogen-bond acceptors (Lipinski definition) is 3. The SMILES string of the molecule is Oc1ccc2c(c1)CCN1C[C@H]3CCCN[C@H]3C[C@H]21. The Kier molecular flexibility index (Phi) is 2.78. The van der Waals surface area contributed by atoms with Crippen molar-refractivity contribution in [3.05, 3.63) is 29.3 Å². The minimum absolute atomic E-state index is 0.414. The first-order chi connectivity index (χ1) is 9.31. The molecule has 0 spiro atoms. The van der Waals surface area contributed by atoms with Gasteiger partial charge in [-0.1, -0.05) is 6.07 Å². The zero-order valence-electron chi connectivity index (χ0n) is 11.3. The third-order valence-electron chi connectivity index (χ3n) is 5.27. The molecule has 0 aliphatic carbocycles. The Morgan fingerprint density at radius 3 is 3.21 bits per heavy atom. The van der Waals surface area contributed by atoms with Crippen molar-refractivity contribution in [1.82, 2.24) is 10.2 Å². The van der Waals surface area contributed by atoms with Gasteiger partial charge >= 0.3 is 0 Å². The summed E-state index contributed by atoms with van der Waals surface area (Å²) in [5, 5.41) is 13.4. The van der Waals surface area contributed by atoms with Crippen molar-refractivity contribution in [2.24, 2.45) is 5.92 Å². The third kappa shape index (κ3) is 1.96. The number of phenolic OH excluding ortho intramolecular Hbond substituents is 1. The highest BCUT2D eigenvalue weighted by Gasteiger charge is 2.39. The highest BCUT2D eigenvalue weighted by molar-refractivity contribution is 5.39. The Balaban J connectivity index is 1.65. The highest BCUT2D eigenvalue weighted by atomic mass is 16.3. The number of nitrogens with one attached hydrogen (secondary N) is 1. The van der Waals surface area contributed by atoms with Crippen LogP contribution in [0.3, 0.4) is 0 Å². The zero-order chi connectivity index (χ0) is 12.8. The van der Waals surface area contributed by atoms with Gasteiger partial charge in [-0.2, -0.15) is 0 Å². The maximum Gasteiger partial charge on any atom is 0.115 e. The minimum atomic E-state index is 0.414. The quantitative estimate of drug-likeness (QED) is 0.748. The van der Waals surface area contributed by atoms with Crippen LogP contribution in [-0.2, 0) is 6.42 Å². The predicted octanol–water partition coefficient (Wildman–Crippen LogP) is 2.06. The van der Waals surface area contributed by atoms with Crippen LogP contribution in [0.15, 0.2) is 18.2 Å². The van der Waals surface area contributed by atoms with Gasteiger partial charge in [-0.15, -0.1) is 0 Å². The number of aromatic hydroxyl groups is 1. The van der Waals surface area contributed by atoms with E-state index in [1.807, 2.05) is 12.1 Å². The Morgan fingerprint density at radius 1 is 1.32 bits per heavy atom. The molecule has 2 saturated heterocycles. The van der Waals surface area contributed by atoms with Crippen LogP contribution in [0.4, 0.5) is 0 Å². The lowest BCUT2D eigenvalue weighted by molar-refractivity contribution is 0.0552. The number of hydrogen-bond donors (Lipinski definition) is 2. The fraction of sp³-hybridized carbons (Fsp3) is 0.625. The standard InChI is InChI=1S/C16H22N2O/c19-13-3-4-14-11(8-13)5-7-18-10-12-2-1-6-17-15(12)9-16(14)18/h3-4,8,12,15-17,19H,1-2,5-7,9-10H2/t12-,15+,16-/m1/s1. The van der Waals surface area contributed by atoms with Gasteiger partial charge in [0, 0.05) is 25.2 Å². The Bertz CT molecular complexity index is 488. The van der Waals surface area contributed by atoms with E-state index in [1.54, 1.807) is 0 Å². The van der Waals surface area contributed by atoms with Crippen LogP contribution < -0.4 is 5.32 Å². The predicted molar refractivity (Wildman–Crippen MR) is 75.3 cm³/mol. The molecule has 3 heteroatoms. The molecule has 0 amide bonds. The summed E-state index contributed by atoms with van der Waals surface area (Å²) in [5.41, 5.74) is 2.81. The van der Waals surface area contributed by atoms with Crippen LogP contribution in [0.5, 0.6) is 5.75 Å². The molecule has 4 rings (SSSR count). The molecular weight excluding hydrogens is 236 g/mol. The van der Waals surface area contributed by atoms with Crippen molar-refractivity contribution in [2.75, 3.05) is 19.6 Å². The topological polar surface area (TPSA) is 35.5 Å². The molecule has 19 heavy (non-hydrogen) atoms. The molecule has 3 atom stereocenters. The van der Waals surface area contributed by atoms with Crippen molar-refractivity contribution in [1.29, 1.82) is 0 Å². The second-order valence-corrected chi connectivity index (χ2v) is 6.34. The van der Waals surface area contributed by atoms with Crippen LogP contribution in [0, 0.1) is 5.92 Å². The fourth-order valence-electron chi connectivity index (χ4n) is 4.30. The zero-order valence-corrected chi connectivity index (χ0v) is 11.3. The monoisotopic (exact) mass is 258 g/mol. The number of fused-ring (bicyclic) bond motifs is 4. The van der Waals surface area contributed by atoms with Gasteiger partial charge in [0.1, 0.15) is 5.75 Å². The summed E-state index contributed by atoms with van der Waals surface area (Å²) in [6.45, 7) is 3.60. The second kappa shape index (κ2) is 4.50. The van der Waals surface area contributed by atoms with E-state index in [0.29, 0.717) is 17.8 Å². The summed E-state index contributed by atoms with van der Waals surface area (Å²) in [7, 11) is 0. The van der Waals surface area contributed by atoms with Crippen molar-refractivity contribution in [2.45, 2.75) is 37.8 Å². The summed E-state index contributed by atoms with van der Waals surface area (Å²) in [5.74, 6) is 1.26. The number of rotatable bonds is 0. The van der Waals surface area contributed by atoms with E-state index in [2.05, 4.69) is 16.3 Å². The Labute approximate surface area is 114 Å². The second-order valence-electron chi connectivity index (χ2n) is 6.34. The highest BCUT2D eigenvalue weighted by Crippen LogP contribution is 2.41. The van der Waals surface area contributed by atoms with E-state index in [-0.39, 0.29) is 0 Å². The van der Waals surface area contributed by atoms with E-state index in [1.165, 1.54) is 43.5 Å². The Hall–Kier alpha value is -1.06. The molecule has 0 radical (unpaired) electrons. The van der Waals surface area contributed by atoms with Crippen molar-refractivity contribution < 1.29 is 5.11 Å². The largest absolute Gasteiger partial charge is 0.508 e. The molecule has 3 aliphatic rings. The van der Waals surface area contributed by atoms with E-state index in [9.17, 15) is 5.11 Å². The van der Waals surface area contributed by atoms with Crippen LogP contribution in [-0.4, -0.2) is 35.7 Å². The maximum absolute atomic E-state index is 9.65. The summed E-state index contributed by atoms with van der Waals surface area (Å²) < 4.78 is 0. The minimum Gasteiger partial charge on any atom is -0.508 e. The first-order valence-electron chi connectivity index (χ1n) is 7.60. The molecule has 0 bridgehead atoms. The van der Waals surface area contributed by atoms with Crippen molar-refractivity contribution in [3.63, 3.8) is 0 Å². The smallest absolute Gasteiger partial charge is 0.115 e. The lowest BCUT2D eigenvalue weighted by Gasteiger charge is -2.49. The first-order valence-corrected chi connectivity index (χ1v) is 7.60. The van der Waals surface area contributed by atoms with Gasteiger partial charge in [0.25, 0.3) is 0 Å². The van der Waals surface area contributed by atoms with E-state index in [4.69, 9.17) is 0 Å². The van der Waals surface area contributed by atoms with Gasteiger partial charge in [-0.05, 0) is 61.4 Å². The van der Waals surface area contributed by atoms with Crippen LogP contribution in [0.25, 0.3) is 0 Å². The summed E-state index contributed by atoms with van der Waals surface area (Å²) in [4.78, 5) is 2.67. The van der Waals surface area contributed by atoms with Gasteiger partial charge < -0.3 is 10.4 Å². The molecule has 2 N–H and O–H groups in total. The number of benzene rings is 1. The Morgan fingerprint density at radius 2 is 2.26 bits per heavy atom. The van der Waals surface area contributed by atoms with Gasteiger partial charge in [-0.3, -0.25) is 4.90 Å². The molecule has 1 aromatic rings. The summed E-state index contributed by atoms with van der Waals surface area (Å²) in [6.07, 6.45) is 5.06. The lowest BCUT2D eigenvalue weighted by Crippen LogP contribution is -2.54. The molecular formula is C16H22N2O. The first kappa shape index (κ1) is 11.7. The van der Waals surface area contributed by atoms with Crippen LogP contribution in [0.1, 0.15) is 36.4 Å². The van der Waals surface area contributed by atoms with Crippen LogP contribution in [0.2, 0.25) is 0 Å². The molecule has 1 aromatic carbocycles. The number of nitrogens with zero attached hydrogens (tertiary/aromatic N) is 1. The molecule has 0 unspecified atom stereocenters. The molecule has 3 aliphatic heterocycles. The molecule has 2 fully saturated rings. The molecule has 0 aromatic heterocycles. The molecule has 0 saturated carbocycles. The van der Waals surface area contributed by atoms with Crippen molar-refractivity contribution >= 4 is 0 Å². The molecule has 102 valence electrons.